The minimum absolute atomic E-state index is 0.213. The Morgan fingerprint density at radius 2 is 1.83 bits per heavy atom. The van der Waals surface area contributed by atoms with Crippen molar-refractivity contribution in [2.24, 2.45) is 0 Å². The highest BCUT2D eigenvalue weighted by molar-refractivity contribution is 5.94. The van der Waals surface area contributed by atoms with Crippen molar-refractivity contribution in [3.63, 3.8) is 0 Å². The molecule has 0 aromatic heterocycles. The van der Waals surface area contributed by atoms with Gasteiger partial charge in [-0.2, -0.15) is 0 Å². The van der Waals surface area contributed by atoms with E-state index in [0.29, 0.717) is 11.3 Å². The van der Waals surface area contributed by atoms with Gasteiger partial charge in [-0.15, -0.1) is 0 Å². The molecule has 24 heavy (non-hydrogen) atoms. The van der Waals surface area contributed by atoms with E-state index in [0.717, 1.165) is 5.56 Å². The Labute approximate surface area is 141 Å². The summed E-state index contributed by atoms with van der Waals surface area (Å²) >= 11 is 0. The van der Waals surface area contributed by atoms with Crippen molar-refractivity contribution in [1.82, 2.24) is 5.32 Å². The highest BCUT2D eigenvalue weighted by atomic mass is 19.1. The van der Waals surface area contributed by atoms with Gasteiger partial charge in [-0.25, -0.2) is 4.39 Å². The molecule has 0 aliphatic carbocycles. The summed E-state index contributed by atoms with van der Waals surface area (Å²) in [6.45, 7) is 5.75. The zero-order valence-electron chi connectivity index (χ0n) is 14.1. The van der Waals surface area contributed by atoms with E-state index in [2.05, 4.69) is 5.32 Å². The van der Waals surface area contributed by atoms with Crippen molar-refractivity contribution in [2.75, 3.05) is 0 Å². The number of halogens is 1. The van der Waals surface area contributed by atoms with Gasteiger partial charge in [0.25, 0.3) is 5.91 Å². The van der Waals surface area contributed by atoms with Crippen LogP contribution in [-0.2, 0) is 13.2 Å². The van der Waals surface area contributed by atoms with Gasteiger partial charge in [0.15, 0.2) is 0 Å². The van der Waals surface area contributed by atoms with Crippen LogP contribution < -0.4 is 10.1 Å². The Hall–Kier alpha value is -2.40. The van der Waals surface area contributed by atoms with Gasteiger partial charge in [0.1, 0.15) is 17.2 Å². The van der Waals surface area contributed by atoms with Gasteiger partial charge >= 0.3 is 0 Å². The quantitative estimate of drug-likeness (QED) is 0.882. The molecular weight excluding hydrogens is 309 g/mol. The first-order valence-corrected chi connectivity index (χ1v) is 7.74. The third-order valence-corrected chi connectivity index (χ3v) is 3.27. The summed E-state index contributed by atoms with van der Waals surface area (Å²) in [4.78, 5) is 12.2. The standard InChI is InChI=1S/C19H22FNO3/c1-19(2,3)24-16-7-5-14(6-8-16)18(23)21-11-13-4-9-17(20)15(10-13)12-22/h4-10,22H,11-12H2,1-3H3,(H,21,23). The van der Waals surface area contributed by atoms with E-state index in [1.165, 1.54) is 12.1 Å². The zero-order valence-corrected chi connectivity index (χ0v) is 14.1. The van der Waals surface area contributed by atoms with E-state index >= 15 is 0 Å². The molecule has 0 atom stereocenters. The van der Waals surface area contributed by atoms with E-state index in [4.69, 9.17) is 9.84 Å². The SMILES string of the molecule is CC(C)(C)Oc1ccc(C(=O)NCc2ccc(F)c(CO)c2)cc1. The van der Waals surface area contributed by atoms with Crippen molar-refractivity contribution in [3.8, 4) is 5.75 Å². The number of hydrogen-bond acceptors (Lipinski definition) is 3. The highest BCUT2D eigenvalue weighted by Gasteiger charge is 2.12. The molecule has 0 saturated carbocycles. The molecule has 2 aromatic rings. The summed E-state index contributed by atoms with van der Waals surface area (Å²) in [5.41, 5.74) is 1.16. The van der Waals surface area contributed by atoms with E-state index in [1.54, 1.807) is 30.3 Å². The number of carbonyl (C=O) groups is 1. The molecule has 0 heterocycles. The van der Waals surface area contributed by atoms with Gasteiger partial charge in [0, 0.05) is 17.7 Å². The lowest BCUT2D eigenvalue weighted by atomic mass is 10.1. The smallest absolute Gasteiger partial charge is 0.251 e. The largest absolute Gasteiger partial charge is 0.488 e. The highest BCUT2D eigenvalue weighted by Crippen LogP contribution is 2.18. The zero-order chi connectivity index (χ0) is 17.7. The maximum atomic E-state index is 13.3. The number of ether oxygens (including phenoxy) is 1. The van der Waals surface area contributed by atoms with Crippen LogP contribution in [0.4, 0.5) is 4.39 Å². The van der Waals surface area contributed by atoms with Crippen LogP contribution in [0.25, 0.3) is 0 Å². The molecule has 0 spiro atoms. The molecule has 5 heteroatoms. The molecule has 0 bridgehead atoms. The molecule has 2 rings (SSSR count). The summed E-state index contributed by atoms with van der Waals surface area (Å²) in [5, 5.41) is 11.8. The third kappa shape index (κ3) is 5.06. The molecule has 0 saturated heterocycles. The van der Waals surface area contributed by atoms with Crippen LogP contribution in [0.1, 0.15) is 42.3 Å². The summed E-state index contributed by atoms with van der Waals surface area (Å²) in [5.74, 6) is 0.0133. The van der Waals surface area contributed by atoms with Gasteiger partial charge in [-0.05, 0) is 62.7 Å². The summed E-state index contributed by atoms with van der Waals surface area (Å²) < 4.78 is 19.0. The first-order valence-electron chi connectivity index (χ1n) is 7.74. The predicted octanol–water partition coefficient (Wildman–Crippen LogP) is 3.43. The van der Waals surface area contributed by atoms with Crippen molar-refractivity contribution in [1.29, 1.82) is 0 Å². The van der Waals surface area contributed by atoms with Gasteiger partial charge in [-0.3, -0.25) is 4.79 Å². The molecule has 128 valence electrons. The van der Waals surface area contributed by atoms with Crippen LogP contribution in [0, 0.1) is 5.82 Å². The molecule has 2 N–H and O–H groups in total. The summed E-state index contributed by atoms with van der Waals surface area (Å²) in [6.07, 6.45) is 0. The molecule has 4 nitrogen and oxygen atoms in total. The van der Waals surface area contributed by atoms with Crippen LogP contribution in [0.5, 0.6) is 5.75 Å². The number of aliphatic hydroxyl groups is 1. The Kier molecular flexibility index (Phi) is 5.57. The van der Waals surface area contributed by atoms with Crippen molar-refractivity contribution in [2.45, 2.75) is 39.5 Å². The molecule has 0 unspecified atom stereocenters. The molecule has 0 radical (unpaired) electrons. The topological polar surface area (TPSA) is 58.6 Å². The first kappa shape index (κ1) is 17.9. The fraction of sp³-hybridized carbons (Fsp3) is 0.316. The second-order valence-corrected chi connectivity index (χ2v) is 6.51. The van der Waals surface area contributed by atoms with E-state index in [1.807, 2.05) is 20.8 Å². The molecule has 0 fully saturated rings. The second-order valence-electron chi connectivity index (χ2n) is 6.51. The average molecular weight is 331 g/mol. The monoisotopic (exact) mass is 331 g/mol. The van der Waals surface area contributed by atoms with Gasteiger partial charge in [0.05, 0.1) is 6.61 Å². The van der Waals surface area contributed by atoms with Crippen molar-refractivity contribution < 1.29 is 19.0 Å². The van der Waals surface area contributed by atoms with Crippen LogP contribution in [0.15, 0.2) is 42.5 Å². The van der Waals surface area contributed by atoms with E-state index in [9.17, 15) is 9.18 Å². The molecule has 1 amide bonds. The maximum absolute atomic E-state index is 13.3. The number of carbonyl (C=O) groups excluding carboxylic acids is 1. The Balaban J connectivity index is 1.97. The normalized spacial score (nSPS) is 11.2. The van der Waals surface area contributed by atoms with Crippen molar-refractivity contribution >= 4 is 5.91 Å². The van der Waals surface area contributed by atoms with Gasteiger partial charge in [-0.1, -0.05) is 6.07 Å². The lowest BCUT2D eigenvalue weighted by Crippen LogP contribution is -2.24. The van der Waals surface area contributed by atoms with E-state index in [-0.39, 0.29) is 30.2 Å². The fourth-order valence-electron chi connectivity index (χ4n) is 2.17. The predicted molar refractivity (Wildman–Crippen MR) is 90.3 cm³/mol. The minimum atomic E-state index is -0.456. The van der Waals surface area contributed by atoms with Gasteiger partial charge in [0.2, 0.25) is 0 Å². The number of amides is 1. The van der Waals surface area contributed by atoms with Crippen LogP contribution in [0.2, 0.25) is 0 Å². The maximum Gasteiger partial charge on any atom is 0.251 e. The van der Waals surface area contributed by atoms with E-state index < -0.39 is 5.82 Å². The Morgan fingerprint density at radius 1 is 1.17 bits per heavy atom. The number of rotatable bonds is 5. The van der Waals surface area contributed by atoms with Crippen LogP contribution in [0.3, 0.4) is 0 Å². The Bertz CT molecular complexity index is 706. The number of hydrogen-bond donors (Lipinski definition) is 2. The number of nitrogens with one attached hydrogen (secondary N) is 1. The van der Waals surface area contributed by atoms with Gasteiger partial charge < -0.3 is 15.2 Å². The molecule has 0 aliphatic rings. The third-order valence-electron chi connectivity index (χ3n) is 3.27. The number of benzene rings is 2. The lowest BCUT2D eigenvalue weighted by molar-refractivity contribution is 0.0951. The molecular formula is C19H22FNO3. The fourth-order valence-corrected chi connectivity index (χ4v) is 2.17. The molecule has 2 aromatic carbocycles. The second kappa shape index (κ2) is 7.45. The van der Waals surface area contributed by atoms with Crippen LogP contribution in [-0.4, -0.2) is 16.6 Å². The minimum Gasteiger partial charge on any atom is -0.488 e. The first-order chi connectivity index (χ1) is 11.3. The summed E-state index contributed by atoms with van der Waals surface area (Å²) in [7, 11) is 0. The lowest BCUT2D eigenvalue weighted by Gasteiger charge is -2.21. The summed E-state index contributed by atoms with van der Waals surface area (Å²) in [6, 6.07) is 11.3. The Morgan fingerprint density at radius 3 is 2.42 bits per heavy atom. The average Bonchev–Trinajstić information content (AvgIpc) is 2.53. The van der Waals surface area contributed by atoms with Crippen molar-refractivity contribution in [3.05, 3.63) is 65.0 Å². The molecule has 0 aliphatic heterocycles. The van der Waals surface area contributed by atoms with Crippen LogP contribution >= 0.6 is 0 Å². The number of aliphatic hydroxyl groups excluding tert-OH is 1.